The summed E-state index contributed by atoms with van der Waals surface area (Å²) in [6, 6.07) is 3.76. The Hall–Kier alpha value is -3.77. The van der Waals surface area contributed by atoms with Gasteiger partial charge in [-0.3, -0.25) is 4.79 Å². The van der Waals surface area contributed by atoms with Crippen LogP contribution in [-0.2, 0) is 16.0 Å². The SMILES string of the molecule is Cc1cc2nc(CCC(=O)N3CCC4(CC3)C[C@@](C)(O)[C@H](n3cnc5c(N)nc(N)nc53)CO4)[nH]c2cc1C. The number of aromatic amines is 1. The third-order valence-corrected chi connectivity index (χ3v) is 8.50. The summed E-state index contributed by atoms with van der Waals surface area (Å²) >= 11 is 0. The lowest BCUT2D eigenvalue weighted by Gasteiger charge is -2.51. The highest BCUT2D eigenvalue weighted by Crippen LogP contribution is 2.44. The molecule has 2 fully saturated rings. The number of carbonyl (C=O) groups excluding carboxylic acids is 1. The van der Waals surface area contributed by atoms with E-state index in [0.29, 0.717) is 56.4 Å². The summed E-state index contributed by atoms with van der Waals surface area (Å²) in [5.41, 5.74) is 15.5. The van der Waals surface area contributed by atoms with Crippen LogP contribution in [0.1, 0.15) is 55.6 Å². The van der Waals surface area contributed by atoms with Crippen molar-refractivity contribution in [3.05, 3.63) is 35.4 Å². The number of benzene rings is 1. The summed E-state index contributed by atoms with van der Waals surface area (Å²) in [4.78, 5) is 35.6. The topological polar surface area (TPSA) is 174 Å². The van der Waals surface area contributed by atoms with Gasteiger partial charge in [0.2, 0.25) is 11.9 Å². The molecule has 5 heterocycles. The molecule has 2 atom stereocenters. The first kappa shape index (κ1) is 25.5. The van der Waals surface area contributed by atoms with Gasteiger partial charge in [0, 0.05) is 32.4 Å². The van der Waals surface area contributed by atoms with E-state index in [1.165, 1.54) is 11.1 Å². The van der Waals surface area contributed by atoms with Gasteiger partial charge in [0.25, 0.3) is 0 Å². The van der Waals surface area contributed by atoms with Crippen molar-refractivity contribution in [1.82, 2.24) is 34.4 Å². The van der Waals surface area contributed by atoms with Crippen LogP contribution in [0.3, 0.4) is 0 Å². The zero-order chi connectivity index (χ0) is 27.5. The number of fused-ring (bicyclic) bond motifs is 2. The maximum Gasteiger partial charge on any atom is 0.224 e. The molecule has 2 aliphatic heterocycles. The number of aromatic nitrogens is 6. The van der Waals surface area contributed by atoms with E-state index >= 15 is 0 Å². The van der Waals surface area contributed by atoms with Gasteiger partial charge in [-0.05, 0) is 56.9 Å². The minimum absolute atomic E-state index is 0.0529. The standard InChI is InChI=1S/C27H35N9O3/c1-15-10-17-18(11-16(15)2)32-20(31-17)4-5-21(37)35-8-6-27(7-9-35)13-26(3,38)19(12-39-27)36-14-30-22-23(28)33-25(29)34-24(22)36/h10-11,14,19,38H,4-9,12-13H2,1-3H3,(H,31,32)(H4,28,29,33,34)/t19-,26-/m1/s1. The Morgan fingerprint density at radius 1 is 1.18 bits per heavy atom. The van der Waals surface area contributed by atoms with Gasteiger partial charge < -0.3 is 35.8 Å². The van der Waals surface area contributed by atoms with Crippen LogP contribution in [-0.4, -0.2) is 76.3 Å². The number of ether oxygens (including phenoxy) is 1. The summed E-state index contributed by atoms with van der Waals surface area (Å²) in [6.45, 7) is 7.43. The van der Waals surface area contributed by atoms with Gasteiger partial charge >= 0.3 is 0 Å². The molecule has 6 N–H and O–H groups in total. The number of nitrogen functional groups attached to an aromatic ring is 2. The zero-order valence-electron chi connectivity index (χ0n) is 22.6. The van der Waals surface area contributed by atoms with Crippen molar-refractivity contribution in [3.63, 3.8) is 0 Å². The molecule has 1 spiro atoms. The van der Waals surface area contributed by atoms with Crippen molar-refractivity contribution in [2.75, 3.05) is 31.2 Å². The smallest absolute Gasteiger partial charge is 0.224 e. The van der Waals surface area contributed by atoms with E-state index in [9.17, 15) is 9.90 Å². The number of hydrogen-bond donors (Lipinski definition) is 4. The monoisotopic (exact) mass is 533 g/mol. The Labute approximate surface area is 225 Å². The second-order valence-corrected chi connectivity index (χ2v) is 11.4. The summed E-state index contributed by atoms with van der Waals surface area (Å²) in [7, 11) is 0. The lowest BCUT2D eigenvalue weighted by atomic mass is 9.75. The molecule has 12 heteroatoms. The first-order chi connectivity index (χ1) is 18.5. The summed E-state index contributed by atoms with van der Waals surface area (Å²) < 4.78 is 8.20. The van der Waals surface area contributed by atoms with Gasteiger partial charge in [0.05, 0.1) is 41.2 Å². The Bertz CT molecular complexity index is 1530. The lowest BCUT2D eigenvalue weighted by Crippen LogP contribution is -2.58. The predicted octanol–water partition coefficient (Wildman–Crippen LogP) is 2.19. The minimum atomic E-state index is -1.09. The van der Waals surface area contributed by atoms with E-state index in [0.717, 1.165) is 16.9 Å². The van der Waals surface area contributed by atoms with Gasteiger partial charge in [-0.25, -0.2) is 9.97 Å². The normalized spacial score (nSPS) is 23.2. The number of aryl methyl sites for hydroxylation is 3. The molecule has 39 heavy (non-hydrogen) atoms. The van der Waals surface area contributed by atoms with Crippen molar-refractivity contribution in [1.29, 1.82) is 0 Å². The van der Waals surface area contributed by atoms with Gasteiger partial charge in [-0.2, -0.15) is 9.97 Å². The Morgan fingerprint density at radius 2 is 1.92 bits per heavy atom. The summed E-state index contributed by atoms with van der Waals surface area (Å²) in [5.74, 6) is 1.19. The number of nitrogens with one attached hydrogen (secondary N) is 1. The molecule has 2 saturated heterocycles. The van der Waals surface area contributed by atoms with Gasteiger partial charge in [0.15, 0.2) is 11.5 Å². The molecule has 0 bridgehead atoms. The van der Waals surface area contributed by atoms with E-state index in [2.05, 4.69) is 50.9 Å². The molecule has 206 valence electrons. The highest BCUT2D eigenvalue weighted by Gasteiger charge is 2.50. The van der Waals surface area contributed by atoms with Crippen LogP contribution in [0.25, 0.3) is 22.2 Å². The molecule has 12 nitrogen and oxygen atoms in total. The number of imidazole rings is 2. The molecule has 0 radical (unpaired) electrons. The molecular weight excluding hydrogens is 498 g/mol. The molecule has 0 aliphatic carbocycles. The molecule has 3 aromatic heterocycles. The Morgan fingerprint density at radius 3 is 2.67 bits per heavy atom. The first-order valence-corrected chi connectivity index (χ1v) is 13.4. The molecule has 1 aromatic carbocycles. The van der Waals surface area contributed by atoms with Crippen LogP contribution >= 0.6 is 0 Å². The van der Waals surface area contributed by atoms with Crippen LogP contribution in [0.5, 0.6) is 0 Å². The van der Waals surface area contributed by atoms with Crippen LogP contribution in [0, 0.1) is 13.8 Å². The summed E-state index contributed by atoms with van der Waals surface area (Å²) in [5, 5.41) is 11.6. The van der Waals surface area contributed by atoms with Crippen LogP contribution < -0.4 is 11.5 Å². The van der Waals surface area contributed by atoms with Crippen molar-refractivity contribution >= 4 is 39.9 Å². The number of nitrogens with two attached hydrogens (primary N) is 2. The number of rotatable bonds is 4. The summed E-state index contributed by atoms with van der Waals surface area (Å²) in [6.07, 6.45) is 4.32. The largest absolute Gasteiger partial charge is 0.388 e. The molecule has 6 rings (SSSR count). The molecule has 4 aromatic rings. The fourth-order valence-electron chi connectivity index (χ4n) is 6.13. The molecule has 0 unspecified atom stereocenters. The van der Waals surface area contributed by atoms with E-state index in [4.69, 9.17) is 16.2 Å². The van der Waals surface area contributed by atoms with E-state index in [1.807, 2.05) is 11.8 Å². The maximum absolute atomic E-state index is 13.0. The van der Waals surface area contributed by atoms with Gasteiger partial charge in [-0.1, -0.05) is 0 Å². The molecule has 0 saturated carbocycles. The predicted molar refractivity (Wildman–Crippen MR) is 147 cm³/mol. The van der Waals surface area contributed by atoms with Crippen LogP contribution in [0.2, 0.25) is 0 Å². The van der Waals surface area contributed by atoms with Crippen molar-refractivity contribution in [2.24, 2.45) is 0 Å². The maximum atomic E-state index is 13.0. The zero-order valence-corrected chi connectivity index (χ0v) is 22.6. The number of nitrogens with zero attached hydrogens (tertiary/aromatic N) is 6. The van der Waals surface area contributed by atoms with Crippen molar-refractivity contribution in [2.45, 2.75) is 70.1 Å². The fraction of sp³-hybridized carbons (Fsp3) is 0.519. The van der Waals surface area contributed by atoms with Gasteiger partial charge in [0.1, 0.15) is 11.3 Å². The molecule has 2 aliphatic rings. The van der Waals surface area contributed by atoms with E-state index < -0.39 is 17.2 Å². The number of hydrogen-bond acceptors (Lipinski definition) is 9. The number of piperidine rings is 1. The second kappa shape index (κ2) is 9.16. The lowest BCUT2D eigenvalue weighted by molar-refractivity contribution is -0.196. The number of amides is 1. The van der Waals surface area contributed by atoms with Gasteiger partial charge in [-0.15, -0.1) is 0 Å². The number of anilines is 2. The quantitative estimate of drug-likeness (QED) is 0.306. The third kappa shape index (κ3) is 4.57. The fourth-order valence-corrected chi connectivity index (χ4v) is 6.13. The van der Waals surface area contributed by atoms with Crippen molar-refractivity contribution < 1.29 is 14.6 Å². The highest BCUT2D eigenvalue weighted by molar-refractivity contribution is 5.83. The second-order valence-electron chi connectivity index (χ2n) is 11.4. The number of carbonyl (C=O) groups is 1. The third-order valence-electron chi connectivity index (χ3n) is 8.50. The van der Waals surface area contributed by atoms with E-state index in [1.54, 1.807) is 10.9 Å². The molecular formula is C27H35N9O3. The highest BCUT2D eigenvalue weighted by atomic mass is 16.5. The number of H-pyrrole nitrogens is 1. The number of aliphatic hydroxyl groups is 1. The Balaban J connectivity index is 1.08. The van der Waals surface area contributed by atoms with Crippen molar-refractivity contribution in [3.8, 4) is 0 Å². The van der Waals surface area contributed by atoms with Crippen LogP contribution in [0.4, 0.5) is 11.8 Å². The average molecular weight is 534 g/mol. The average Bonchev–Trinajstić information content (AvgIpc) is 3.46. The number of likely N-dealkylation sites (tertiary alicyclic amines) is 1. The minimum Gasteiger partial charge on any atom is -0.388 e. The Kier molecular flexibility index (Phi) is 5.99. The molecule has 1 amide bonds. The van der Waals surface area contributed by atoms with E-state index in [-0.39, 0.29) is 24.3 Å². The first-order valence-electron chi connectivity index (χ1n) is 13.4. The van der Waals surface area contributed by atoms with Crippen LogP contribution in [0.15, 0.2) is 18.5 Å².